The van der Waals surface area contributed by atoms with E-state index in [0.29, 0.717) is 0 Å². The first kappa shape index (κ1) is 20.1. The molecule has 0 fully saturated rings. The van der Waals surface area contributed by atoms with Crippen LogP contribution in [0.4, 0.5) is 0 Å². The molecular weight excluding hydrogens is 298 g/mol. The molecule has 0 atom stereocenters. The molecule has 8 nitrogen and oxygen atoms in total. The minimum absolute atomic E-state index is 0. The van der Waals surface area contributed by atoms with E-state index >= 15 is 0 Å². The minimum Gasteiger partial charge on any atom is -0.744 e. The van der Waals surface area contributed by atoms with Crippen molar-refractivity contribution >= 4 is 26.5 Å². The van der Waals surface area contributed by atoms with E-state index in [9.17, 15) is 30.7 Å². The van der Waals surface area contributed by atoms with Gasteiger partial charge in [0.1, 0.15) is 15.0 Å². The Labute approximate surface area is 141 Å². The van der Waals surface area contributed by atoms with Crippen LogP contribution in [0, 0.1) is 0 Å². The van der Waals surface area contributed by atoms with E-state index in [2.05, 4.69) is 4.42 Å². The van der Waals surface area contributed by atoms with E-state index in [1.165, 1.54) is 0 Å². The molecule has 0 aliphatic carbocycles. The van der Waals surface area contributed by atoms with Crippen molar-refractivity contribution in [2.75, 3.05) is 0 Å². The largest absolute Gasteiger partial charge is 1.00 e. The maximum absolute atomic E-state index is 10.5. The van der Waals surface area contributed by atoms with Gasteiger partial charge in [-0.05, 0) is 0 Å². The van der Waals surface area contributed by atoms with Crippen molar-refractivity contribution in [2.24, 2.45) is 0 Å². The SMILES string of the molecule is O=Cc1oc(S(=O)(=O)[O-])cc1S(=O)(=O)[O-].[Na+].[Na+]. The Morgan fingerprint density at radius 3 is 1.76 bits per heavy atom. The maximum Gasteiger partial charge on any atom is 1.00 e. The fraction of sp³-hybridized carbons (Fsp3) is 0. The van der Waals surface area contributed by atoms with E-state index < -0.39 is 36.0 Å². The van der Waals surface area contributed by atoms with E-state index in [1.807, 2.05) is 0 Å². The van der Waals surface area contributed by atoms with Crippen molar-refractivity contribution in [2.45, 2.75) is 9.99 Å². The quantitative estimate of drug-likeness (QED) is 0.304. The predicted octanol–water partition coefficient (Wildman–Crippen LogP) is -7.09. The van der Waals surface area contributed by atoms with E-state index in [4.69, 9.17) is 0 Å². The number of carbonyl (C=O) groups is 1. The van der Waals surface area contributed by atoms with Crippen LogP contribution in [0.3, 0.4) is 0 Å². The monoisotopic (exact) mass is 300 g/mol. The molecule has 84 valence electrons. The Morgan fingerprint density at radius 1 is 1.06 bits per heavy atom. The summed E-state index contributed by atoms with van der Waals surface area (Å²) in [6.45, 7) is 0. The second-order valence-electron chi connectivity index (χ2n) is 2.32. The summed E-state index contributed by atoms with van der Waals surface area (Å²) in [5, 5.41) is -1.29. The molecule has 0 saturated heterocycles. The minimum atomic E-state index is -5.06. The molecule has 0 aliphatic rings. The number of furan rings is 1. The first-order valence-corrected chi connectivity index (χ1v) is 5.98. The molecule has 0 N–H and O–H groups in total. The Bertz CT molecular complexity index is 598. The van der Waals surface area contributed by atoms with Gasteiger partial charge in [0.05, 0.1) is 0 Å². The summed E-state index contributed by atoms with van der Waals surface area (Å²) in [6.07, 6.45) is -0.181. The molecule has 0 amide bonds. The van der Waals surface area contributed by atoms with Crippen LogP contribution in [0.2, 0.25) is 0 Å². The Kier molecular flexibility index (Phi) is 8.03. The van der Waals surface area contributed by atoms with Gasteiger partial charge in [0.2, 0.25) is 5.09 Å². The number of hydrogen-bond donors (Lipinski definition) is 0. The Hall–Kier alpha value is 0.770. The molecular formula is C5H2Na2O8S2. The number of rotatable bonds is 3. The fourth-order valence-corrected chi connectivity index (χ4v) is 1.88. The van der Waals surface area contributed by atoms with E-state index in [-0.39, 0.29) is 71.5 Å². The van der Waals surface area contributed by atoms with E-state index in [1.54, 1.807) is 0 Å². The first-order chi connectivity index (χ1) is 6.66. The van der Waals surface area contributed by atoms with Gasteiger partial charge in [-0.15, -0.1) is 0 Å². The number of hydrogen-bond acceptors (Lipinski definition) is 8. The van der Waals surface area contributed by atoms with Crippen molar-refractivity contribution < 1.29 is 94.3 Å². The van der Waals surface area contributed by atoms with Crippen LogP contribution >= 0.6 is 0 Å². The molecule has 1 aromatic rings. The van der Waals surface area contributed by atoms with Crippen molar-refractivity contribution in [3.05, 3.63) is 11.8 Å². The molecule has 17 heavy (non-hydrogen) atoms. The third-order valence-electron chi connectivity index (χ3n) is 1.33. The molecule has 12 heteroatoms. The maximum atomic E-state index is 10.5. The van der Waals surface area contributed by atoms with Crippen molar-refractivity contribution in [1.82, 2.24) is 0 Å². The van der Waals surface area contributed by atoms with Crippen LogP contribution < -0.4 is 59.1 Å². The van der Waals surface area contributed by atoms with Gasteiger partial charge in [-0.2, -0.15) is 0 Å². The standard InChI is InChI=1S/C5H4O8S2.2Na/c6-2-3-4(14(7,8)9)1-5(13-3)15(10,11)12;;/h1-2H,(H,7,8,9)(H,10,11,12);;/q;2*+1/p-2. The summed E-state index contributed by atoms with van der Waals surface area (Å²) in [5.41, 5.74) is 0. The Morgan fingerprint density at radius 2 is 1.53 bits per heavy atom. The second kappa shape index (κ2) is 6.80. The van der Waals surface area contributed by atoms with Gasteiger partial charge in [0.15, 0.2) is 22.2 Å². The van der Waals surface area contributed by atoms with Gasteiger partial charge in [-0.25, -0.2) is 16.8 Å². The molecule has 0 aliphatic heterocycles. The predicted molar refractivity (Wildman–Crippen MR) is 40.0 cm³/mol. The second-order valence-corrected chi connectivity index (χ2v) is 4.98. The summed E-state index contributed by atoms with van der Waals surface area (Å²) in [4.78, 5) is 9.05. The normalized spacial score (nSPS) is 11.2. The average molecular weight is 300 g/mol. The zero-order chi connectivity index (χ0) is 11.9. The summed E-state index contributed by atoms with van der Waals surface area (Å²) >= 11 is 0. The molecule has 1 rings (SSSR count). The topological polar surface area (TPSA) is 145 Å². The van der Waals surface area contributed by atoms with Gasteiger partial charge in [0.25, 0.3) is 0 Å². The third kappa shape index (κ3) is 5.11. The van der Waals surface area contributed by atoms with Gasteiger partial charge < -0.3 is 13.5 Å². The van der Waals surface area contributed by atoms with Crippen LogP contribution in [-0.2, 0) is 20.2 Å². The summed E-state index contributed by atoms with van der Waals surface area (Å²) in [7, 11) is -10.1. The van der Waals surface area contributed by atoms with Crippen molar-refractivity contribution in [3.8, 4) is 0 Å². The Balaban J connectivity index is 0. The van der Waals surface area contributed by atoms with Crippen LogP contribution in [0.15, 0.2) is 20.5 Å². The molecule has 0 bridgehead atoms. The molecule has 0 unspecified atom stereocenters. The van der Waals surface area contributed by atoms with Crippen molar-refractivity contribution in [3.63, 3.8) is 0 Å². The van der Waals surface area contributed by atoms with E-state index in [0.717, 1.165) is 0 Å². The van der Waals surface area contributed by atoms with Crippen LogP contribution in [0.5, 0.6) is 0 Å². The fourth-order valence-electron chi connectivity index (χ4n) is 0.767. The molecule has 0 radical (unpaired) electrons. The summed E-state index contributed by atoms with van der Waals surface area (Å²) in [5.74, 6) is -1.01. The summed E-state index contributed by atoms with van der Waals surface area (Å²) in [6, 6.07) is 0.203. The van der Waals surface area contributed by atoms with Gasteiger partial charge >= 0.3 is 59.1 Å². The van der Waals surface area contributed by atoms with Gasteiger partial charge in [-0.3, -0.25) is 4.79 Å². The van der Waals surface area contributed by atoms with Gasteiger partial charge in [0, 0.05) is 6.07 Å². The van der Waals surface area contributed by atoms with Crippen LogP contribution in [0.25, 0.3) is 0 Å². The average Bonchev–Trinajstić information content (AvgIpc) is 2.44. The third-order valence-corrected chi connectivity index (χ3v) is 2.88. The van der Waals surface area contributed by atoms with Crippen LogP contribution in [0.1, 0.15) is 10.6 Å². The molecule has 0 spiro atoms. The zero-order valence-corrected chi connectivity index (χ0v) is 14.4. The molecule has 0 aromatic carbocycles. The first-order valence-electron chi connectivity index (χ1n) is 3.17. The molecule has 0 saturated carbocycles. The molecule has 1 aromatic heterocycles. The molecule has 1 heterocycles. The smallest absolute Gasteiger partial charge is 0.744 e. The van der Waals surface area contributed by atoms with Crippen LogP contribution in [-0.4, -0.2) is 32.2 Å². The summed E-state index contributed by atoms with van der Waals surface area (Å²) < 4.78 is 66.7. The van der Waals surface area contributed by atoms with Crippen molar-refractivity contribution in [1.29, 1.82) is 0 Å². The van der Waals surface area contributed by atoms with Gasteiger partial charge in [-0.1, -0.05) is 0 Å². The zero-order valence-electron chi connectivity index (χ0n) is 8.74. The number of aldehydes is 1. The number of carbonyl (C=O) groups excluding carboxylic acids is 1.